The van der Waals surface area contributed by atoms with Gasteiger partial charge in [-0.15, -0.1) is 0 Å². The molecular formula is C33H27ClF2N8O4S. The minimum atomic E-state index is -4.30. The number of likely N-dealkylation sites (tertiary alicyclic amines) is 1. The molecule has 6 aromatic rings. The smallest absolute Gasteiger partial charge is 0.275 e. The van der Waals surface area contributed by atoms with Gasteiger partial charge in [-0.1, -0.05) is 35.9 Å². The highest BCUT2D eigenvalue weighted by molar-refractivity contribution is 7.92. The topological polar surface area (TPSA) is 155 Å². The number of benzene rings is 3. The number of para-hydroxylation sites is 1. The molecule has 3 aromatic heterocycles. The summed E-state index contributed by atoms with van der Waals surface area (Å²) in [6.45, 7) is 2.43. The summed E-state index contributed by atoms with van der Waals surface area (Å²) in [5.41, 5.74) is 0.328. The van der Waals surface area contributed by atoms with E-state index in [1.807, 2.05) is 0 Å². The Morgan fingerprint density at radius 3 is 2.67 bits per heavy atom. The summed E-state index contributed by atoms with van der Waals surface area (Å²) in [5, 5.41) is 17.6. The van der Waals surface area contributed by atoms with Crippen molar-refractivity contribution in [2.45, 2.75) is 18.2 Å². The van der Waals surface area contributed by atoms with Crippen LogP contribution >= 0.6 is 11.6 Å². The quantitative estimate of drug-likeness (QED) is 0.184. The maximum absolute atomic E-state index is 15.8. The van der Waals surface area contributed by atoms with Gasteiger partial charge in [-0.3, -0.25) is 9.52 Å². The number of nitrogens with one attached hydrogen (secondary N) is 2. The van der Waals surface area contributed by atoms with Gasteiger partial charge in [-0.2, -0.15) is 5.10 Å². The number of hydrogen-bond donors (Lipinski definition) is 3. The number of fused-ring (bicyclic) bond motifs is 2. The third-order valence-corrected chi connectivity index (χ3v) is 10.3. The van der Waals surface area contributed by atoms with Crippen LogP contribution in [-0.4, -0.2) is 68.8 Å². The van der Waals surface area contributed by atoms with Gasteiger partial charge < -0.3 is 15.3 Å². The number of nitrogens with zero attached hydrogens (tertiary/aromatic N) is 6. The normalized spacial score (nSPS) is 14.9. The van der Waals surface area contributed by atoms with Crippen molar-refractivity contribution < 1.29 is 27.1 Å². The summed E-state index contributed by atoms with van der Waals surface area (Å²) in [4.78, 5) is 28.1. The van der Waals surface area contributed by atoms with Crippen LogP contribution in [0.4, 0.5) is 26.0 Å². The van der Waals surface area contributed by atoms with Crippen LogP contribution in [0.3, 0.4) is 0 Å². The van der Waals surface area contributed by atoms with E-state index in [0.717, 1.165) is 12.1 Å². The molecule has 0 aliphatic carbocycles. The van der Waals surface area contributed by atoms with Crippen molar-refractivity contribution in [1.82, 2.24) is 29.6 Å². The maximum Gasteiger partial charge on any atom is 0.275 e. The molecule has 16 heteroatoms. The summed E-state index contributed by atoms with van der Waals surface area (Å²) in [5.74, 6) is -2.31. The Hall–Kier alpha value is -5.25. The number of halogens is 3. The van der Waals surface area contributed by atoms with Gasteiger partial charge in [-0.05, 0) is 61.4 Å². The van der Waals surface area contributed by atoms with Crippen molar-refractivity contribution >= 4 is 66.7 Å². The Morgan fingerprint density at radius 1 is 1.06 bits per heavy atom. The summed E-state index contributed by atoms with van der Waals surface area (Å²) in [6.07, 6.45) is 1.88. The van der Waals surface area contributed by atoms with Crippen molar-refractivity contribution in [3.05, 3.63) is 101 Å². The zero-order valence-electron chi connectivity index (χ0n) is 25.7. The average Bonchev–Trinajstić information content (AvgIpc) is 3.74. The monoisotopic (exact) mass is 704 g/mol. The van der Waals surface area contributed by atoms with Crippen molar-refractivity contribution in [2.75, 3.05) is 29.7 Å². The van der Waals surface area contributed by atoms with Crippen LogP contribution in [0.5, 0.6) is 0 Å². The maximum atomic E-state index is 15.8. The standard InChI is InChI=1S/C33H27ClF2N8O4S/c1-18-21(34)6-4-8-26(18)49(47,48)42-23-10-9-22(35)30(28(23)36)40-32-31-24(37-17-38-32)11-12-27(39-31)44-25-7-3-2-5-20(25)29(41-44)33(46)43-14-13-19(15-43)16-45/h2-12,17,19,42,45H,13-16H2,1H3,(H,37,38,40)/t19-/m1/s1. The summed E-state index contributed by atoms with van der Waals surface area (Å²) >= 11 is 6.09. The molecule has 0 unspecified atom stereocenters. The van der Waals surface area contributed by atoms with E-state index < -0.39 is 33.0 Å². The second kappa shape index (κ2) is 12.7. The molecule has 0 bridgehead atoms. The molecule has 4 heterocycles. The molecule has 49 heavy (non-hydrogen) atoms. The molecule has 1 amide bonds. The van der Waals surface area contributed by atoms with Crippen LogP contribution in [0.15, 0.2) is 78.0 Å². The van der Waals surface area contributed by atoms with E-state index >= 15 is 8.78 Å². The lowest BCUT2D eigenvalue weighted by Crippen LogP contribution is -2.29. The lowest BCUT2D eigenvalue weighted by molar-refractivity contribution is 0.0777. The van der Waals surface area contributed by atoms with Gasteiger partial charge in [0.05, 0.1) is 21.6 Å². The number of hydrogen-bond acceptors (Lipinski definition) is 9. The van der Waals surface area contributed by atoms with Crippen molar-refractivity contribution in [2.24, 2.45) is 5.92 Å². The molecule has 12 nitrogen and oxygen atoms in total. The predicted molar refractivity (Wildman–Crippen MR) is 180 cm³/mol. The zero-order chi connectivity index (χ0) is 34.4. The fourth-order valence-electron chi connectivity index (χ4n) is 5.80. The van der Waals surface area contributed by atoms with Gasteiger partial charge in [0.25, 0.3) is 15.9 Å². The Balaban J connectivity index is 1.25. The fraction of sp³-hybridized carbons (Fsp3) is 0.182. The summed E-state index contributed by atoms with van der Waals surface area (Å²) < 4.78 is 60.9. The third kappa shape index (κ3) is 5.89. The van der Waals surface area contributed by atoms with E-state index in [0.29, 0.717) is 35.9 Å². The van der Waals surface area contributed by atoms with E-state index in [1.54, 1.807) is 41.3 Å². The molecule has 1 atom stereocenters. The van der Waals surface area contributed by atoms with Crippen LogP contribution in [0, 0.1) is 24.5 Å². The number of aromatic nitrogens is 5. The number of pyridine rings is 1. The molecule has 0 saturated carbocycles. The van der Waals surface area contributed by atoms with Crippen LogP contribution in [-0.2, 0) is 10.0 Å². The molecule has 0 radical (unpaired) electrons. The van der Waals surface area contributed by atoms with Crippen LogP contribution in [0.1, 0.15) is 22.5 Å². The molecule has 1 saturated heterocycles. The Bertz CT molecular complexity index is 2390. The van der Waals surface area contributed by atoms with Gasteiger partial charge in [0.15, 0.2) is 23.1 Å². The van der Waals surface area contributed by atoms with Gasteiger partial charge in [-0.25, -0.2) is 36.8 Å². The Labute approximate surface area is 283 Å². The Kier molecular flexibility index (Phi) is 8.34. The minimum Gasteiger partial charge on any atom is -0.396 e. The number of sulfonamides is 1. The van der Waals surface area contributed by atoms with E-state index in [4.69, 9.17) is 11.6 Å². The first kappa shape index (κ1) is 32.3. The number of anilines is 3. The lowest BCUT2D eigenvalue weighted by atomic mass is 10.1. The van der Waals surface area contributed by atoms with Gasteiger partial charge in [0, 0.05) is 36.0 Å². The second-order valence-electron chi connectivity index (χ2n) is 11.5. The van der Waals surface area contributed by atoms with E-state index in [1.165, 1.54) is 36.1 Å². The molecule has 1 aliphatic rings. The van der Waals surface area contributed by atoms with Crippen molar-refractivity contribution in [3.63, 3.8) is 0 Å². The largest absolute Gasteiger partial charge is 0.396 e. The lowest BCUT2D eigenvalue weighted by Gasteiger charge is -2.15. The third-order valence-electron chi connectivity index (χ3n) is 8.39. The molecule has 7 rings (SSSR count). The van der Waals surface area contributed by atoms with Gasteiger partial charge in [0.2, 0.25) is 0 Å². The summed E-state index contributed by atoms with van der Waals surface area (Å²) in [7, 11) is -4.30. The van der Waals surface area contributed by atoms with Crippen LogP contribution < -0.4 is 10.0 Å². The van der Waals surface area contributed by atoms with Crippen LogP contribution in [0.2, 0.25) is 5.02 Å². The molecule has 1 fully saturated rings. The molecule has 0 spiro atoms. The minimum absolute atomic E-state index is 0.00513. The number of carbonyl (C=O) groups is 1. The fourth-order valence-corrected chi connectivity index (χ4v) is 7.36. The summed E-state index contributed by atoms with van der Waals surface area (Å²) in [6, 6.07) is 16.6. The first-order valence-corrected chi connectivity index (χ1v) is 16.9. The van der Waals surface area contributed by atoms with Crippen molar-refractivity contribution in [1.29, 1.82) is 0 Å². The first-order chi connectivity index (χ1) is 23.6. The van der Waals surface area contributed by atoms with E-state index in [-0.39, 0.29) is 56.8 Å². The SMILES string of the molecule is Cc1c(Cl)cccc1S(=O)(=O)Nc1ccc(F)c(Nc2ncnc3ccc(-n4nc(C(=O)N5CC[C@@H](CO)C5)c5ccccc54)nc23)c1F. The van der Waals surface area contributed by atoms with Crippen molar-refractivity contribution in [3.8, 4) is 5.82 Å². The number of amides is 1. The van der Waals surface area contributed by atoms with Gasteiger partial charge >= 0.3 is 0 Å². The zero-order valence-corrected chi connectivity index (χ0v) is 27.3. The van der Waals surface area contributed by atoms with Gasteiger partial charge in [0.1, 0.15) is 23.3 Å². The van der Waals surface area contributed by atoms with E-state index in [2.05, 4.69) is 30.1 Å². The average molecular weight is 705 g/mol. The molecular weight excluding hydrogens is 678 g/mol. The highest BCUT2D eigenvalue weighted by Gasteiger charge is 2.30. The Morgan fingerprint density at radius 2 is 1.88 bits per heavy atom. The van der Waals surface area contributed by atoms with E-state index in [9.17, 15) is 18.3 Å². The number of aliphatic hydroxyl groups is 1. The predicted octanol–water partition coefficient (Wildman–Crippen LogP) is 5.60. The first-order valence-electron chi connectivity index (χ1n) is 15.1. The highest BCUT2D eigenvalue weighted by atomic mass is 35.5. The second-order valence-corrected chi connectivity index (χ2v) is 13.6. The molecule has 250 valence electrons. The highest BCUT2D eigenvalue weighted by Crippen LogP contribution is 2.33. The van der Waals surface area contributed by atoms with Crippen LogP contribution in [0.25, 0.3) is 27.8 Å². The molecule has 3 aromatic carbocycles. The molecule has 3 N–H and O–H groups in total. The molecule has 1 aliphatic heterocycles. The number of rotatable bonds is 8. The number of carbonyl (C=O) groups excluding carboxylic acids is 1. The number of aliphatic hydroxyl groups excluding tert-OH is 1.